The van der Waals surface area contributed by atoms with Gasteiger partial charge in [0.15, 0.2) is 0 Å². The summed E-state index contributed by atoms with van der Waals surface area (Å²) in [4.78, 5) is 26.8. The Hall–Kier alpha value is -2.10. The highest BCUT2D eigenvalue weighted by Crippen LogP contribution is 2.65. The zero-order valence-electron chi connectivity index (χ0n) is 16.0. The molecule has 4 heteroatoms. The molecular weight excluding hydrogens is 324 g/mol. The average molecular weight is 352 g/mol. The number of carbonyl (C=O) groups excluding carboxylic acids is 2. The van der Waals surface area contributed by atoms with Gasteiger partial charge in [0.1, 0.15) is 0 Å². The van der Waals surface area contributed by atoms with Crippen molar-refractivity contribution in [1.29, 1.82) is 0 Å². The molecule has 4 nitrogen and oxygen atoms in total. The molecule has 2 aliphatic carbocycles. The van der Waals surface area contributed by atoms with Gasteiger partial charge in [0, 0.05) is 35.8 Å². The fraction of sp³-hybridized carbons (Fsp3) is 0.545. The normalized spacial score (nSPS) is 31.4. The maximum absolute atomic E-state index is 12.6. The van der Waals surface area contributed by atoms with Gasteiger partial charge in [-0.15, -0.1) is 0 Å². The van der Waals surface area contributed by atoms with Gasteiger partial charge >= 0.3 is 0 Å². The lowest BCUT2D eigenvalue weighted by Gasteiger charge is -2.39. The van der Waals surface area contributed by atoms with Crippen LogP contribution in [0.3, 0.4) is 0 Å². The minimum Gasteiger partial charge on any atom is -0.353 e. The molecule has 3 aliphatic rings. The second kappa shape index (κ2) is 5.70. The quantitative estimate of drug-likeness (QED) is 0.895. The Morgan fingerprint density at radius 3 is 2.54 bits per heavy atom. The summed E-state index contributed by atoms with van der Waals surface area (Å²) in [6, 6.07) is 7.75. The number of hydrogen-bond acceptors (Lipinski definition) is 2. The number of hydrogen-bond donors (Lipinski definition) is 1. The molecule has 3 atom stereocenters. The molecule has 2 amide bonds. The van der Waals surface area contributed by atoms with Gasteiger partial charge in [-0.05, 0) is 42.1 Å². The van der Waals surface area contributed by atoms with Gasteiger partial charge in [-0.1, -0.05) is 45.5 Å². The topological polar surface area (TPSA) is 49.4 Å². The maximum atomic E-state index is 12.6. The Kier molecular flexibility index (Phi) is 3.80. The van der Waals surface area contributed by atoms with Crippen LogP contribution in [-0.4, -0.2) is 29.3 Å². The molecule has 2 saturated carbocycles. The van der Waals surface area contributed by atoms with E-state index >= 15 is 0 Å². The van der Waals surface area contributed by atoms with E-state index in [0.29, 0.717) is 30.1 Å². The molecule has 1 aromatic carbocycles. The van der Waals surface area contributed by atoms with Gasteiger partial charge < -0.3 is 10.2 Å². The van der Waals surface area contributed by atoms with Gasteiger partial charge in [-0.3, -0.25) is 9.59 Å². The standard InChI is InChI=1S/C22H28N2O2/c1-14-16-7-5-6-8-17(16)20(26)24(14)12-10-19(25)23-18-13-15-9-11-22(18,4)21(15,2)3/h5-8,15,18H,1,9-13H2,2-4H3,(H,23,25). The zero-order valence-corrected chi connectivity index (χ0v) is 16.0. The van der Waals surface area contributed by atoms with Crippen molar-refractivity contribution >= 4 is 17.5 Å². The van der Waals surface area contributed by atoms with E-state index in [-0.39, 0.29) is 28.7 Å². The molecule has 1 aliphatic heterocycles. The molecule has 0 spiro atoms. The van der Waals surface area contributed by atoms with E-state index in [9.17, 15) is 9.59 Å². The van der Waals surface area contributed by atoms with Crippen molar-refractivity contribution in [2.75, 3.05) is 6.54 Å². The SMILES string of the molecule is C=C1c2ccccc2C(=O)N1CCC(=O)NC1CC2CCC1(C)C2(C)C. The summed E-state index contributed by atoms with van der Waals surface area (Å²) >= 11 is 0. The fourth-order valence-electron chi connectivity index (χ4n) is 5.47. The van der Waals surface area contributed by atoms with Crippen LogP contribution < -0.4 is 5.32 Å². The molecule has 138 valence electrons. The highest BCUT2D eigenvalue weighted by molar-refractivity contribution is 6.08. The lowest BCUT2D eigenvalue weighted by molar-refractivity contribution is -0.122. The first kappa shape index (κ1) is 17.3. The summed E-state index contributed by atoms with van der Waals surface area (Å²) < 4.78 is 0. The Bertz CT molecular complexity index is 762. The van der Waals surface area contributed by atoms with Crippen LogP contribution in [0.15, 0.2) is 30.8 Å². The fourth-order valence-corrected chi connectivity index (χ4v) is 5.47. The Morgan fingerprint density at radius 1 is 1.27 bits per heavy atom. The molecule has 0 aromatic heterocycles. The summed E-state index contributed by atoms with van der Waals surface area (Å²) in [5, 5.41) is 3.27. The largest absolute Gasteiger partial charge is 0.353 e. The molecule has 0 saturated heterocycles. The van der Waals surface area contributed by atoms with Crippen LogP contribution in [0.25, 0.3) is 5.70 Å². The third kappa shape index (κ3) is 2.27. The lowest BCUT2D eigenvalue weighted by Crippen LogP contribution is -2.47. The summed E-state index contributed by atoms with van der Waals surface area (Å²) in [7, 11) is 0. The minimum atomic E-state index is -0.0496. The second-order valence-electron chi connectivity index (χ2n) is 8.93. The molecule has 2 bridgehead atoms. The molecule has 3 unspecified atom stereocenters. The Balaban J connectivity index is 1.38. The van der Waals surface area contributed by atoms with Crippen molar-refractivity contribution in [1.82, 2.24) is 10.2 Å². The predicted octanol–water partition coefficient (Wildman–Crippen LogP) is 3.83. The number of amides is 2. The number of carbonyl (C=O) groups is 2. The van der Waals surface area contributed by atoms with Crippen molar-refractivity contribution in [3.8, 4) is 0 Å². The van der Waals surface area contributed by atoms with Gasteiger partial charge in [0.05, 0.1) is 0 Å². The van der Waals surface area contributed by atoms with Crippen LogP contribution in [0.4, 0.5) is 0 Å². The first-order valence-corrected chi connectivity index (χ1v) is 9.65. The number of nitrogens with zero attached hydrogens (tertiary/aromatic N) is 1. The number of benzene rings is 1. The molecule has 2 fully saturated rings. The van der Waals surface area contributed by atoms with Gasteiger partial charge in [0.2, 0.25) is 5.91 Å². The molecule has 4 rings (SSSR count). The number of fused-ring (bicyclic) bond motifs is 3. The van der Waals surface area contributed by atoms with E-state index in [2.05, 4.69) is 32.7 Å². The minimum absolute atomic E-state index is 0.0381. The van der Waals surface area contributed by atoms with E-state index in [4.69, 9.17) is 0 Å². The molecule has 26 heavy (non-hydrogen) atoms. The predicted molar refractivity (Wildman–Crippen MR) is 102 cm³/mol. The zero-order chi connectivity index (χ0) is 18.7. The van der Waals surface area contributed by atoms with Crippen molar-refractivity contribution in [3.05, 3.63) is 42.0 Å². The van der Waals surface area contributed by atoms with Crippen LogP contribution in [-0.2, 0) is 4.79 Å². The summed E-state index contributed by atoms with van der Waals surface area (Å²) in [5.74, 6) is 0.690. The van der Waals surface area contributed by atoms with Crippen molar-refractivity contribution in [2.24, 2.45) is 16.7 Å². The third-order valence-electron chi connectivity index (χ3n) is 7.73. The molecule has 1 heterocycles. The second-order valence-corrected chi connectivity index (χ2v) is 8.93. The van der Waals surface area contributed by atoms with Crippen LogP contribution in [0.2, 0.25) is 0 Å². The highest BCUT2D eigenvalue weighted by atomic mass is 16.2. The Labute approximate surface area is 155 Å². The van der Waals surface area contributed by atoms with Crippen LogP contribution in [0, 0.1) is 16.7 Å². The first-order chi connectivity index (χ1) is 12.3. The van der Waals surface area contributed by atoms with Crippen LogP contribution in [0.5, 0.6) is 0 Å². The average Bonchev–Trinajstić information content (AvgIpc) is 3.06. The molecule has 1 N–H and O–H groups in total. The summed E-state index contributed by atoms with van der Waals surface area (Å²) in [6.07, 6.45) is 3.86. The van der Waals surface area contributed by atoms with E-state index in [1.54, 1.807) is 4.90 Å². The van der Waals surface area contributed by atoms with Crippen molar-refractivity contribution in [3.63, 3.8) is 0 Å². The van der Waals surface area contributed by atoms with Gasteiger partial charge in [0.25, 0.3) is 5.91 Å². The maximum Gasteiger partial charge on any atom is 0.258 e. The van der Waals surface area contributed by atoms with Crippen molar-refractivity contribution < 1.29 is 9.59 Å². The van der Waals surface area contributed by atoms with Crippen molar-refractivity contribution in [2.45, 2.75) is 52.5 Å². The van der Waals surface area contributed by atoms with Gasteiger partial charge in [-0.25, -0.2) is 0 Å². The smallest absolute Gasteiger partial charge is 0.258 e. The van der Waals surface area contributed by atoms with Gasteiger partial charge in [-0.2, -0.15) is 0 Å². The number of nitrogens with one attached hydrogen (secondary N) is 1. The number of rotatable bonds is 4. The van der Waals surface area contributed by atoms with E-state index in [1.165, 1.54) is 12.8 Å². The highest BCUT2D eigenvalue weighted by Gasteiger charge is 2.61. The monoisotopic (exact) mass is 352 g/mol. The third-order valence-corrected chi connectivity index (χ3v) is 7.73. The van der Waals surface area contributed by atoms with Crippen LogP contribution in [0.1, 0.15) is 62.4 Å². The van der Waals surface area contributed by atoms with E-state index in [1.807, 2.05) is 24.3 Å². The molecule has 0 radical (unpaired) electrons. The van der Waals surface area contributed by atoms with Crippen LogP contribution >= 0.6 is 0 Å². The summed E-state index contributed by atoms with van der Waals surface area (Å²) in [5.41, 5.74) is 2.72. The first-order valence-electron chi connectivity index (χ1n) is 9.65. The summed E-state index contributed by atoms with van der Waals surface area (Å²) in [6.45, 7) is 11.4. The molecule has 1 aromatic rings. The molecular formula is C22H28N2O2. The van der Waals surface area contributed by atoms with E-state index in [0.717, 1.165) is 12.0 Å². The lowest BCUT2D eigenvalue weighted by atomic mass is 9.69. The Morgan fingerprint density at radius 2 is 1.96 bits per heavy atom. The van der Waals surface area contributed by atoms with E-state index < -0.39 is 0 Å².